The highest BCUT2D eigenvalue weighted by Crippen LogP contribution is 2.40. The summed E-state index contributed by atoms with van der Waals surface area (Å²) in [6.07, 6.45) is 6.40. The van der Waals surface area contributed by atoms with E-state index in [0.717, 1.165) is 25.9 Å². The van der Waals surface area contributed by atoms with Gasteiger partial charge in [-0.15, -0.1) is 0 Å². The van der Waals surface area contributed by atoms with E-state index in [1.165, 1.54) is 11.9 Å². The minimum atomic E-state index is -0.246. The van der Waals surface area contributed by atoms with E-state index < -0.39 is 0 Å². The molecule has 0 aromatic rings. The topological polar surface area (TPSA) is 30.9 Å². The third-order valence-electron chi connectivity index (χ3n) is 5.94. The van der Waals surface area contributed by atoms with E-state index in [-0.39, 0.29) is 18.3 Å². The Kier molecular flexibility index (Phi) is 4.69. The van der Waals surface area contributed by atoms with E-state index in [1.54, 1.807) is 0 Å². The Morgan fingerprint density at radius 2 is 1.61 bits per heavy atom. The smallest absolute Gasteiger partial charge is 0.400 e. The van der Waals surface area contributed by atoms with Crippen LogP contribution in [0.25, 0.3) is 0 Å². The maximum absolute atomic E-state index is 6.19. The van der Waals surface area contributed by atoms with Crippen LogP contribution in [0.3, 0.4) is 0 Å². The Morgan fingerprint density at radius 3 is 2.09 bits per heavy atom. The summed E-state index contributed by atoms with van der Waals surface area (Å²) < 4.78 is 18.2. The molecule has 0 bridgehead atoms. The minimum absolute atomic E-state index is 0.163. The highest BCUT2D eigenvalue weighted by molar-refractivity contribution is 6.54. The summed E-state index contributed by atoms with van der Waals surface area (Å²) in [6.45, 7) is 14.9. The molecule has 2 aliphatic heterocycles. The molecule has 23 heavy (non-hydrogen) atoms. The number of hydrogen-bond donors (Lipinski definition) is 0. The zero-order chi connectivity index (χ0) is 16.8. The van der Waals surface area contributed by atoms with Crippen LogP contribution in [-0.4, -0.2) is 54.6 Å². The van der Waals surface area contributed by atoms with Crippen molar-refractivity contribution in [1.82, 2.24) is 4.90 Å². The van der Waals surface area contributed by atoms with E-state index in [0.29, 0.717) is 18.2 Å². The van der Waals surface area contributed by atoms with Crippen LogP contribution in [0.2, 0.25) is 0 Å². The lowest BCUT2D eigenvalue weighted by Gasteiger charge is -2.41. The van der Waals surface area contributed by atoms with Crippen molar-refractivity contribution in [2.75, 3.05) is 13.1 Å². The van der Waals surface area contributed by atoms with Crippen LogP contribution >= 0.6 is 0 Å². The van der Waals surface area contributed by atoms with E-state index in [4.69, 9.17) is 14.0 Å². The maximum Gasteiger partial charge on any atom is 0.490 e. The molecule has 1 unspecified atom stereocenters. The second-order valence-corrected chi connectivity index (χ2v) is 8.51. The van der Waals surface area contributed by atoms with Gasteiger partial charge in [0.1, 0.15) is 0 Å². The number of hydrogen-bond acceptors (Lipinski definition) is 4. The highest BCUT2D eigenvalue weighted by Gasteiger charge is 2.52. The van der Waals surface area contributed by atoms with Crippen LogP contribution in [0.15, 0.2) is 11.5 Å². The quantitative estimate of drug-likeness (QED) is 0.731. The van der Waals surface area contributed by atoms with Gasteiger partial charge in [0.15, 0.2) is 0 Å². The molecule has 3 atom stereocenters. The standard InChI is InChI=1S/C18H32BNO3/c1-13-11-20(12-14(2)21-13)16-9-7-15(8-10-16)19-22-17(3,4)18(5,6)23-19/h7,13-14,16H,8-12H2,1-6H3/t13-,14+,16?. The molecule has 0 aromatic heterocycles. The van der Waals surface area contributed by atoms with Crippen molar-refractivity contribution in [3.8, 4) is 0 Å². The van der Waals surface area contributed by atoms with Gasteiger partial charge in [-0.1, -0.05) is 6.08 Å². The Bertz CT molecular complexity index is 451. The first-order chi connectivity index (χ1) is 10.7. The SMILES string of the molecule is C[C@@H]1CN(C2CC=C(B3OC(C)(C)C(C)(C)O3)CC2)C[C@H](C)O1. The van der Waals surface area contributed by atoms with E-state index in [1.807, 2.05) is 0 Å². The van der Waals surface area contributed by atoms with Crippen LogP contribution < -0.4 is 0 Å². The molecule has 3 rings (SSSR count). The summed E-state index contributed by atoms with van der Waals surface area (Å²) in [5.41, 5.74) is 0.837. The maximum atomic E-state index is 6.19. The van der Waals surface area contributed by atoms with E-state index in [9.17, 15) is 0 Å². The third-order valence-corrected chi connectivity index (χ3v) is 5.94. The molecule has 2 fully saturated rings. The molecule has 1 aliphatic carbocycles. The monoisotopic (exact) mass is 321 g/mol. The molecular weight excluding hydrogens is 289 g/mol. The van der Waals surface area contributed by atoms with Crippen molar-refractivity contribution < 1.29 is 14.0 Å². The van der Waals surface area contributed by atoms with Crippen molar-refractivity contribution in [3.05, 3.63) is 11.5 Å². The minimum Gasteiger partial charge on any atom is -0.400 e. The van der Waals surface area contributed by atoms with Crippen molar-refractivity contribution in [2.24, 2.45) is 0 Å². The fourth-order valence-electron chi connectivity index (χ4n) is 3.90. The van der Waals surface area contributed by atoms with Crippen molar-refractivity contribution >= 4 is 7.12 Å². The summed E-state index contributed by atoms with van der Waals surface area (Å²) in [6, 6.07) is 0.634. The fourth-order valence-corrected chi connectivity index (χ4v) is 3.90. The summed E-state index contributed by atoms with van der Waals surface area (Å²) >= 11 is 0. The second kappa shape index (κ2) is 6.18. The van der Waals surface area contributed by atoms with Crippen LogP contribution in [0.1, 0.15) is 60.8 Å². The molecule has 130 valence electrons. The zero-order valence-electron chi connectivity index (χ0n) is 15.6. The molecular formula is C18H32BNO3. The average molecular weight is 321 g/mol. The first-order valence-corrected chi connectivity index (χ1v) is 9.12. The lowest BCUT2D eigenvalue weighted by molar-refractivity contribution is -0.0812. The Hall–Kier alpha value is -0.355. The van der Waals surface area contributed by atoms with E-state index >= 15 is 0 Å². The molecule has 0 spiro atoms. The first kappa shape index (κ1) is 17.5. The largest absolute Gasteiger partial charge is 0.490 e. The zero-order valence-corrected chi connectivity index (χ0v) is 15.6. The summed E-state index contributed by atoms with van der Waals surface area (Å²) in [7, 11) is -0.163. The van der Waals surface area contributed by atoms with Gasteiger partial charge in [-0.2, -0.15) is 0 Å². The summed E-state index contributed by atoms with van der Waals surface area (Å²) in [5.74, 6) is 0. The van der Waals surface area contributed by atoms with Gasteiger partial charge in [0.25, 0.3) is 0 Å². The first-order valence-electron chi connectivity index (χ1n) is 9.12. The average Bonchev–Trinajstić information content (AvgIpc) is 2.66. The summed E-state index contributed by atoms with van der Waals surface area (Å²) in [4.78, 5) is 2.61. The van der Waals surface area contributed by atoms with Crippen molar-refractivity contribution in [1.29, 1.82) is 0 Å². The molecule has 0 N–H and O–H groups in total. The normalized spacial score (nSPS) is 37.7. The molecule has 0 amide bonds. The predicted molar refractivity (Wildman–Crippen MR) is 93.4 cm³/mol. The predicted octanol–water partition coefficient (Wildman–Crippen LogP) is 3.21. The number of nitrogens with zero attached hydrogens (tertiary/aromatic N) is 1. The molecule has 4 nitrogen and oxygen atoms in total. The Morgan fingerprint density at radius 1 is 1.04 bits per heavy atom. The van der Waals surface area contributed by atoms with E-state index in [2.05, 4.69) is 52.5 Å². The fraction of sp³-hybridized carbons (Fsp3) is 0.889. The number of allylic oxidation sites excluding steroid dienone is 1. The molecule has 0 aromatic carbocycles. The van der Waals surface area contributed by atoms with Gasteiger partial charge in [-0.05, 0) is 66.3 Å². The molecule has 3 aliphatic rings. The van der Waals surface area contributed by atoms with Gasteiger partial charge in [0.05, 0.1) is 23.4 Å². The van der Waals surface area contributed by atoms with Crippen LogP contribution in [-0.2, 0) is 14.0 Å². The van der Waals surface area contributed by atoms with Gasteiger partial charge in [-0.3, -0.25) is 4.90 Å². The molecule has 5 heteroatoms. The number of rotatable bonds is 2. The van der Waals surface area contributed by atoms with Crippen LogP contribution in [0.5, 0.6) is 0 Å². The number of morpholine rings is 1. The van der Waals surface area contributed by atoms with Crippen molar-refractivity contribution in [3.63, 3.8) is 0 Å². The van der Waals surface area contributed by atoms with Gasteiger partial charge < -0.3 is 14.0 Å². The molecule has 0 radical (unpaired) electrons. The summed E-state index contributed by atoms with van der Waals surface area (Å²) in [5, 5.41) is 0. The molecule has 2 heterocycles. The third kappa shape index (κ3) is 3.53. The number of ether oxygens (including phenoxy) is 1. The van der Waals surface area contributed by atoms with Gasteiger partial charge in [0, 0.05) is 19.1 Å². The second-order valence-electron chi connectivity index (χ2n) is 8.51. The van der Waals surface area contributed by atoms with Crippen LogP contribution in [0, 0.1) is 0 Å². The lowest BCUT2D eigenvalue weighted by atomic mass is 9.71. The molecule has 2 saturated heterocycles. The Balaban J connectivity index is 1.61. The van der Waals surface area contributed by atoms with Gasteiger partial charge in [-0.25, -0.2) is 0 Å². The van der Waals surface area contributed by atoms with Gasteiger partial charge >= 0.3 is 7.12 Å². The van der Waals surface area contributed by atoms with Crippen molar-refractivity contribution in [2.45, 2.75) is 90.3 Å². The van der Waals surface area contributed by atoms with Gasteiger partial charge in [0.2, 0.25) is 0 Å². The lowest BCUT2D eigenvalue weighted by Crippen LogP contribution is -2.50. The Labute approximate surface area is 141 Å². The molecule has 0 saturated carbocycles. The highest BCUT2D eigenvalue weighted by atomic mass is 16.7. The van der Waals surface area contributed by atoms with Crippen LogP contribution in [0.4, 0.5) is 0 Å².